The number of hydrogen-bond donors (Lipinski definition) is 2. The zero-order valence-corrected chi connectivity index (χ0v) is 14.3. The van der Waals surface area contributed by atoms with E-state index in [2.05, 4.69) is 5.32 Å². The summed E-state index contributed by atoms with van der Waals surface area (Å²) in [6.45, 7) is 0.176. The molecule has 132 valence electrons. The summed E-state index contributed by atoms with van der Waals surface area (Å²) in [6.07, 6.45) is -1.46. The summed E-state index contributed by atoms with van der Waals surface area (Å²) in [7, 11) is 0. The quantitative estimate of drug-likeness (QED) is 0.695. The fourth-order valence-corrected chi connectivity index (χ4v) is 2.74. The molecule has 0 aromatic heterocycles. The summed E-state index contributed by atoms with van der Waals surface area (Å²) >= 11 is 0. The van der Waals surface area contributed by atoms with Crippen LogP contribution in [0.25, 0.3) is 0 Å². The number of aliphatic hydroxyl groups is 1. The molecule has 0 spiro atoms. The fourth-order valence-electron chi connectivity index (χ4n) is 2.74. The predicted octanol–water partition coefficient (Wildman–Crippen LogP) is 4.39. The Balaban J connectivity index is 1.72. The van der Waals surface area contributed by atoms with Crippen molar-refractivity contribution in [2.45, 2.75) is 18.8 Å². The van der Waals surface area contributed by atoms with Gasteiger partial charge in [-0.05, 0) is 16.7 Å². The lowest BCUT2D eigenvalue weighted by Gasteiger charge is -2.24. The van der Waals surface area contributed by atoms with E-state index in [4.69, 9.17) is 4.74 Å². The van der Waals surface area contributed by atoms with Crippen molar-refractivity contribution in [3.8, 4) is 0 Å². The van der Waals surface area contributed by atoms with Gasteiger partial charge in [-0.25, -0.2) is 4.79 Å². The SMILES string of the molecule is O=C(N[C@@H](c1ccccc1)[C@@H](O)c1ccccc1)OCc1ccccc1. The van der Waals surface area contributed by atoms with E-state index in [9.17, 15) is 9.90 Å². The molecule has 0 saturated heterocycles. The van der Waals surface area contributed by atoms with Crippen molar-refractivity contribution in [1.82, 2.24) is 5.32 Å². The molecule has 2 atom stereocenters. The number of hydrogen-bond acceptors (Lipinski definition) is 3. The van der Waals surface area contributed by atoms with Gasteiger partial charge in [0.2, 0.25) is 0 Å². The zero-order valence-electron chi connectivity index (χ0n) is 14.3. The van der Waals surface area contributed by atoms with Gasteiger partial charge in [0.15, 0.2) is 0 Å². The predicted molar refractivity (Wildman–Crippen MR) is 100 cm³/mol. The second-order valence-corrected chi connectivity index (χ2v) is 5.95. The molecule has 26 heavy (non-hydrogen) atoms. The maximum Gasteiger partial charge on any atom is 0.408 e. The molecule has 1 amide bonds. The molecule has 0 fully saturated rings. The van der Waals surface area contributed by atoms with Crippen LogP contribution in [0.4, 0.5) is 4.79 Å². The van der Waals surface area contributed by atoms with Gasteiger partial charge in [-0.15, -0.1) is 0 Å². The van der Waals surface area contributed by atoms with Gasteiger partial charge in [0.05, 0.1) is 6.04 Å². The van der Waals surface area contributed by atoms with Gasteiger partial charge in [0.1, 0.15) is 12.7 Å². The lowest BCUT2D eigenvalue weighted by molar-refractivity contribution is 0.102. The first-order chi connectivity index (χ1) is 12.7. The Kier molecular flexibility index (Phi) is 6.01. The van der Waals surface area contributed by atoms with Crippen LogP contribution in [0.5, 0.6) is 0 Å². The van der Waals surface area contributed by atoms with Crippen LogP contribution < -0.4 is 5.32 Å². The number of nitrogens with one attached hydrogen (secondary N) is 1. The van der Waals surface area contributed by atoms with E-state index >= 15 is 0 Å². The normalized spacial score (nSPS) is 12.8. The lowest BCUT2D eigenvalue weighted by atomic mass is 9.96. The van der Waals surface area contributed by atoms with Crippen molar-refractivity contribution in [3.63, 3.8) is 0 Å². The number of carbonyl (C=O) groups excluding carboxylic acids is 1. The third-order valence-corrected chi connectivity index (χ3v) is 4.10. The standard InChI is InChI=1S/C22H21NO3/c24-21(19-14-8-3-9-15-19)20(18-12-6-2-7-13-18)23-22(25)26-16-17-10-4-1-5-11-17/h1-15,20-21,24H,16H2,(H,23,25)/t20-,21-/m0/s1. The van der Waals surface area contributed by atoms with E-state index in [-0.39, 0.29) is 6.61 Å². The molecular weight excluding hydrogens is 326 g/mol. The van der Waals surface area contributed by atoms with E-state index in [1.54, 1.807) is 0 Å². The molecule has 0 saturated carbocycles. The average Bonchev–Trinajstić information content (AvgIpc) is 2.72. The Labute approximate surface area is 153 Å². The third-order valence-electron chi connectivity index (χ3n) is 4.10. The second-order valence-electron chi connectivity index (χ2n) is 5.95. The minimum Gasteiger partial charge on any atom is -0.445 e. The number of amides is 1. The Morgan fingerprint density at radius 3 is 1.88 bits per heavy atom. The molecule has 4 nitrogen and oxygen atoms in total. The number of ether oxygens (including phenoxy) is 1. The first kappa shape index (κ1) is 17.7. The van der Waals surface area contributed by atoms with Gasteiger partial charge in [-0.1, -0.05) is 91.0 Å². The number of alkyl carbamates (subject to hydrolysis) is 1. The molecule has 0 unspecified atom stereocenters. The maximum atomic E-state index is 12.3. The number of aliphatic hydroxyl groups excluding tert-OH is 1. The first-order valence-corrected chi connectivity index (χ1v) is 8.49. The van der Waals surface area contributed by atoms with Crippen molar-refractivity contribution >= 4 is 6.09 Å². The fraction of sp³-hybridized carbons (Fsp3) is 0.136. The lowest BCUT2D eigenvalue weighted by Crippen LogP contribution is -2.33. The van der Waals surface area contributed by atoms with Gasteiger partial charge in [0.25, 0.3) is 0 Å². The van der Waals surface area contributed by atoms with E-state index < -0.39 is 18.2 Å². The molecule has 0 bridgehead atoms. The highest BCUT2D eigenvalue weighted by Gasteiger charge is 2.25. The van der Waals surface area contributed by atoms with Crippen LogP contribution in [0.2, 0.25) is 0 Å². The maximum absolute atomic E-state index is 12.3. The molecule has 0 aliphatic heterocycles. The summed E-state index contributed by atoms with van der Waals surface area (Å²) in [4.78, 5) is 12.3. The highest BCUT2D eigenvalue weighted by atomic mass is 16.5. The molecular formula is C22H21NO3. The molecule has 0 aliphatic carbocycles. The first-order valence-electron chi connectivity index (χ1n) is 8.49. The number of benzene rings is 3. The molecule has 0 aliphatic rings. The molecule has 3 rings (SSSR count). The number of rotatable bonds is 6. The second kappa shape index (κ2) is 8.83. The highest BCUT2D eigenvalue weighted by Crippen LogP contribution is 2.28. The third kappa shape index (κ3) is 4.71. The Morgan fingerprint density at radius 1 is 0.808 bits per heavy atom. The van der Waals surface area contributed by atoms with E-state index in [1.165, 1.54) is 0 Å². The minimum atomic E-state index is -0.886. The van der Waals surface area contributed by atoms with Crippen molar-refractivity contribution < 1.29 is 14.6 Å². The Bertz CT molecular complexity index is 807. The van der Waals surface area contributed by atoms with Gasteiger partial charge in [0, 0.05) is 0 Å². The minimum absolute atomic E-state index is 0.176. The average molecular weight is 347 g/mol. The topological polar surface area (TPSA) is 58.6 Å². The molecule has 2 N–H and O–H groups in total. The van der Waals surface area contributed by atoms with Crippen LogP contribution in [0.15, 0.2) is 91.0 Å². The van der Waals surface area contributed by atoms with Crippen LogP contribution >= 0.6 is 0 Å². The van der Waals surface area contributed by atoms with Gasteiger partial charge >= 0.3 is 6.09 Å². The summed E-state index contributed by atoms with van der Waals surface area (Å²) in [6, 6.07) is 27.5. The largest absolute Gasteiger partial charge is 0.445 e. The monoisotopic (exact) mass is 347 g/mol. The van der Waals surface area contributed by atoms with Crippen LogP contribution in [0, 0.1) is 0 Å². The zero-order chi connectivity index (χ0) is 18.2. The van der Waals surface area contributed by atoms with Crippen LogP contribution in [0.1, 0.15) is 28.8 Å². The van der Waals surface area contributed by atoms with Gasteiger partial charge in [-0.3, -0.25) is 0 Å². The van der Waals surface area contributed by atoms with E-state index in [0.29, 0.717) is 0 Å². The summed E-state index contributed by atoms with van der Waals surface area (Å²) < 4.78 is 5.30. The van der Waals surface area contributed by atoms with Crippen LogP contribution in [-0.4, -0.2) is 11.2 Å². The summed E-state index contributed by atoms with van der Waals surface area (Å²) in [5.74, 6) is 0. The van der Waals surface area contributed by atoms with Crippen molar-refractivity contribution in [2.75, 3.05) is 0 Å². The Hall–Kier alpha value is -3.11. The van der Waals surface area contributed by atoms with Gasteiger partial charge < -0.3 is 15.2 Å². The molecule has 3 aromatic rings. The molecule has 3 aromatic carbocycles. The summed E-state index contributed by atoms with van der Waals surface area (Å²) in [5.41, 5.74) is 2.44. The van der Waals surface area contributed by atoms with Crippen LogP contribution in [-0.2, 0) is 11.3 Å². The van der Waals surface area contributed by atoms with Crippen molar-refractivity contribution in [1.29, 1.82) is 0 Å². The molecule has 0 heterocycles. The molecule has 4 heteroatoms. The van der Waals surface area contributed by atoms with Crippen molar-refractivity contribution in [2.24, 2.45) is 0 Å². The highest BCUT2D eigenvalue weighted by molar-refractivity contribution is 5.68. The van der Waals surface area contributed by atoms with Crippen molar-refractivity contribution in [3.05, 3.63) is 108 Å². The smallest absolute Gasteiger partial charge is 0.408 e. The van der Waals surface area contributed by atoms with Crippen LogP contribution in [0.3, 0.4) is 0 Å². The molecule has 0 radical (unpaired) electrons. The van der Waals surface area contributed by atoms with E-state index in [1.807, 2.05) is 91.0 Å². The Morgan fingerprint density at radius 2 is 1.31 bits per heavy atom. The number of carbonyl (C=O) groups is 1. The summed E-state index contributed by atoms with van der Waals surface area (Å²) in [5, 5.41) is 13.6. The van der Waals surface area contributed by atoms with E-state index in [0.717, 1.165) is 16.7 Å². The van der Waals surface area contributed by atoms with Gasteiger partial charge in [-0.2, -0.15) is 0 Å².